The molecule has 6 heteroatoms. The molecule has 0 aliphatic rings. The molecule has 18 heavy (non-hydrogen) atoms. The van der Waals surface area contributed by atoms with Gasteiger partial charge in [0, 0.05) is 24.6 Å². The molecule has 0 unspecified atom stereocenters. The summed E-state index contributed by atoms with van der Waals surface area (Å²) in [5.74, 6) is 1.42. The van der Waals surface area contributed by atoms with E-state index in [1.54, 1.807) is 0 Å². The first-order chi connectivity index (χ1) is 8.30. The predicted molar refractivity (Wildman–Crippen MR) is 73.3 cm³/mol. The van der Waals surface area contributed by atoms with Crippen LogP contribution in [0.4, 0.5) is 5.82 Å². The number of rotatable bonds is 6. The van der Waals surface area contributed by atoms with Gasteiger partial charge in [-0.2, -0.15) is 0 Å². The van der Waals surface area contributed by atoms with Crippen LogP contribution >= 0.6 is 0 Å². The van der Waals surface area contributed by atoms with Crippen molar-refractivity contribution in [3.63, 3.8) is 0 Å². The minimum absolute atomic E-state index is 0.114. The Morgan fingerprint density at radius 3 is 2.50 bits per heavy atom. The summed E-state index contributed by atoms with van der Waals surface area (Å²) in [6, 6.07) is 1.88. The van der Waals surface area contributed by atoms with Crippen molar-refractivity contribution >= 4 is 15.7 Å². The van der Waals surface area contributed by atoms with Crippen molar-refractivity contribution in [2.24, 2.45) is 5.92 Å². The Morgan fingerprint density at radius 2 is 2.00 bits per heavy atom. The molecule has 1 heterocycles. The molecule has 0 bridgehead atoms. The average Bonchev–Trinajstić information content (AvgIpc) is 2.12. The van der Waals surface area contributed by atoms with Crippen molar-refractivity contribution in [3.8, 4) is 0 Å². The van der Waals surface area contributed by atoms with Gasteiger partial charge in [0.25, 0.3) is 0 Å². The van der Waals surface area contributed by atoms with E-state index in [1.807, 2.05) is 13.0 Å². The zero-order valence-corrected chi connectivity index (χ0v) is 12.2. The molecule has 0 atom stereocenters. The van der Waals surface area contributed by atoms with E-state index in [0.29, 0.717) is 17.6 Å². The van der Waals surface area contributed by atoms with Gasteiger partial charge >= 0.3 is 0 Å². The van der Waals surface area contributed by atoms with Gasteiger partial charge in [0.1, 0.15) is 17.4 Å². The maximum atomic E-state index is 11.3. The van der Waals surface area contributed by atoms with E-state index in [-0.39, 0.29) is 5.75 Å². The number of aromatic nitrogens is 2. The van der Waals surface area contributed by atoms with E-state index in [0.717, 1.165) is 18.7 Å². The Balaban J connectivity index is 3.05. The second-order valence-corrected chi connectivity index (χ2v) is 7.00. The lowest BCUT2D eigenvalue weighted by atomic mass is 10.1. The predicted octanol–water partition coefficient (Wildman–Crippen LogP) is 1.65. The Hall–Kier alpha value is -1.17. The number of nitrogens with zero attached hydrogens (tertiary/aromatic N) is 2. The van der Waals surface area contributed by atoms with Crippen LogP contribution in [0.5, 0.6) is 0 Å². The average molecular weight is 271 g/mol. The Bertz CT molecular complexity index is 498. The highest BCUT2D eigenvalue weighted by molar-refractivity contribution is 7.89. The van der Waals surface area contributed by atoms with Crippen LogP contribution in [0, 0.1) is 5.92 Å². The molecule has 0 saturated heterocycles. The van der Waals surface area contributed by atoms with Gasteiger partial charge in [-0.1, -0.05) is 13.8 Å². The second kappa shape index (κ2) is 6.13. The highest BCUT2D eigenvalue weighted by Crippen LogP contribution is 2.12. The molecule has 1 N–H and O–H groups in total. The van der Waals surface area contributed by atoms with Crippen LogP contribution < -0.4 is 5.32 Å². The molecule has 0 fully saturated rings. The zero-order chi connectivity index (χ0) is 13.8. The van der Waals surface area contributed by atoms with Crippen LogP contribution in [0.25, 0.3) is 0 Å². The zero-order valence-electron chi connectivity index (χ0n) is 11.4. The van der Waals surface area contributed by atoms with Crippen LogP contribution in [0.2, 0.25) is 0 Å². The highest BCUT2D eigenvalue weighted by Gasteiger charge is 2.11. The Labute approximate surface area is 109 Å². The molecule has 1 aromatic rings. The van der Waals surface area contributed by atoms with Gasteiger partial charge in [-0.25, -0.2) is 18.4 Å². The van der Waals surface area contributed by atoms with Gasteiger partial charge in [-0.05, 0) is 19.3 Å². The minimum atomic E-state index is -3.11. The quantitative estimate of drug-likeness (QED) is 0.851. The molecule has 0 saturated carbocycles. The summed E-state index contributed by atoms with van der Waals surface area (Å²) in [6.45, 7) is 6.92. The Morgan fingerprint density at radius 1 is 1.33 bits per heavy atom. The van der Waals surface area contributed by atoms with E-state index in [4.69, 9.17) is 0 Å². The summed E-state index contributed by atoms with van der Waals surface area (Å²) in [5, 5.41) is 3.10. The van der Waals surface area contributed by atoms with Crippen LogP contribution in [-0.4, -0.2) is 31.2 Å². The number of hydrogen-bond acceptors (Lipinski definition) is 5. The largest absolute Gasteiger partial charge is 0.370 e. The summed E-state index contributed by atoms with van der Waals surface area (Å²) in [6.07, 6.45) is 2.01. The van der Waals surface area contributed by atoms with Gasteiger partial charge in [0.15, 0.2) is 9.84 Å². The molecule has 1 aromatic heterocycles. The van der Waals surface area contributed by atoms with Gasteiger partial charge in [0.2, 0.25) is 0 Å². The first-order valence-corrected chi connectivity index (χ1v) is 8.14. The molecule has 5 nitrogen and oxygen atoms in total. The van der Waals surface area contributed by atoms with Crippen molar-refractivity contribution in [1.82, 2.24) is 9.97 Å². The fourth-order valence-electron chi connectivity index (χ4n) is 1.65. The summed E-state index contributed by atoms with van der Waals surface area (Å²) >= 11 is 0. The third-order valence-corrected chi connectivity index (χ3v) is 2.97. The summed E-state index contributed by atoms with van der Waals surface area (Å²) in [7, 11) is -3.11. The molecule has 1 rings (SSSR count). The minimum Gasteiger partial charge on any atom is -0.370 e. The van der Waals surface area contributed by atoms with Crippen molar-refractivity contribution in [3.05, 3.63) is 17.6 Å². The van der Waals surface area contributed by atoms with E-state index in [1.165, 1.54) is 6.26 Å². The van der Waals surface area contributed by atoms with Crippen LogP contribution in [0.15, 0.2) is 6.07 Å². The first-order valence-electron chi connectivity index (χ1n) is 6.08. The number of sulfone groups is 1. The van der Waals surface area contributed by atoms with Crippen molar-refractivity contribution in [2.45, 2.75) is 32.9 Å². The molecule has 0 amide bonds. The lowest BCUT2D eigenvalue weighted by Gasteiger charge is -2.10. The van der Waals surface area contributed by atoms with Crippen molar-refractivity contribution in [2.75, 3.05) is 18.1 Å². The molecule has 0 aromatic carbocycles. The standard InChI is InChI=1S/C12H21N3O2S/c1-5-13-11-7-10(6-9(2)3)14-12(15-11)8-18(4,16)17/h7,9H,5-6,8H2,1-4H3,(H,13,14,15). The summed E-state index contributed by atoms with van der Waals surface area (Å²) < 4.78 is 22.6. The highest BCUT2D eigenvalue weighted by atomic mass is 32.2. The number of anilines is 1. The van der Waals surface area contributed by atoms with Crippen LogP contribution in [0.3, 0.4) is 0 Å². The maximum Gasteiger partial charge on any atom is 0.154 e. The van der Waals surface area contributed by atoms with E-state index in [2.05, 4.69) is 29.1 Å². The lowest BCUT2D eigenvalue weighted by molar-refractivity contribution is 0.598. The van der Waals surface area contributed by atoms with E-state index < -0.39 is 9.84 Å². The third-order valence-electron chi connectivity index (χ3n) is 2.19. The molecular weight excluding hydrogens is 250 g/mol. The van der Waals surface area contributed by atoms with Gasteiger partial charge in [-0.15, -0.1) is 0 Å². The number of nitrogens with one attached hydrogen (secondary N) is 1. The maximum absolute atomic E-state index is 11.3. The SMILES string of the molecule is CCNc1cc(CC(C)C)nc(CS(C)(=O)=O)n1. The fraction of sp³-hybridized carbons (Fsp3) is 0.667. The van der Waals surface area contributed by atoms with Crippen LogP contribution in [-0.2, 0) is 22.0 Å². The summed E-state index contributed by atoms with van der Waals surface area (Å²) in [4.78, 5) is 8.53. The third kappa shape index (κ3) is 5.44. The number of hydrogen-bond donors (Lipinski definition) is 1. The Kier molecular flexibility index (Phi) is 5.07. The second-order valence-electron chi connectivity index (χ2n) is 4.86. The topological polar surface area (TPSA) is 72.0 Å². The molecule has 0 aliphatic heterocycles. The molecule has 0 radical (unpaired) electrons. The van der Waals surface area contributed by atoms with Crippen molar-refractivity contribution in [1.29, 1.82) is 0 Å². The molecular formula is C12H21N3O2S. The molecule has 0 spiro atoms. The smallest absolute Gasteiger partial charge is 0.154 e. The lowest BCUT2D eigenvalue weighted by Crippen LogP contribution is -2.11. The monoisotopic (exact) mass is 271 g/mol. The fourth-order valence-corrected chi connectivity index (χ4v) is 2.24. The van der Waals surface area contributed by atoms with Gasteiger partial charge < -0.3 is 5.32 Å². The van der Waals surface area contributed by atoms with Gasteiger partial charge in [-0.3, -0.25) is 0 Å². The van der Waals surface area contributed by atoms with E-state index in [9.17, 15) is 8.42 Å². The van der Waals surface area contributed by atoms with Gasteiger partial charge in [0.05, 0.1) is 0 Å². The van der Waals surface area contributed by atoms with E-state index >= 15 is 0 Å². The van der Waals surface area contributed by atoms with Crippen LogP contribution in [0.1, 0.15) is 32.3 Å². The van der Waals surface area contributed by atoms with Crippen molar-refractivity contribution < 1.29 is 8.42 Å². The summed E-state index contributed by atoms with van der Waals surface area (Å²) in [5.41, 5.74) is 0.884. The first kappa shape index (κ1) is 14.9. The molecule has 102 valence electrons. The normalized spacial score (nSPS) is 11.8. The molecule has 0 aliphatic carbocycles.